The summed E-state index contributed by atoms with van der Waals surface area (Å²) >= 11 is 0. The molecule has 0 aliphatic carbocycles. The van der Waals surface area contributed by atoms with Crippen LogP contribution >= 0.6 is 0 Å². The van der Waals surface area contributed by atoms with Gasteiger partial charge in [-0.25, -0.2) is 4.39 Å². The van der Waals surface area contributed by atoms with E-state index in [0.717, 1.165) is 0 Å². The standard InChI is InChI=1S/C7H12FNO2/c1-9-2-4(8)7-6(9)5(10)3-11-7/h4-7,10H,2-3H2,1H3. The fraction of sp³-hybridized carbons (Fsp3) is 1.00. The van der Waals surface area contributed by atoms with E-state index in [-0.39, 0.29) is 12.6 Å². The number of rotatable bonds is 0. The molecule has 11 heavy (non-hydrogen) atoms. The van der Waals surface area contributed by atoms with Crippen LogP contribution in [0.15, 0.2) is 0 Å². The van der Waals surface area contributed by atoms with Crippen LogP contribution in [-0.2, 0) is 4.74 Å². The van der Waals surface area contributed by atoms with Gasteiger partial charge in [-0.2, -0.15) is 0 Å². The van der Waals surface area contributed by atoms with Gasteiger partial charge in [0, 0.05) is 6.54 Å². The highest BCUT2D eigenvalue weighted by Crippen LogP contribution is 2.29. The van der Waals surface area contributed by atoms with Crippen molar-refractivity contribution in [1.29, 1.82) is 0 Å². The highest BCUT2D eigenvalue weighted by atomic mass is 19.1. The van der Waals surface area contributed by atoms with Crippen molar-refractivity contribution in [2.75, 3.05) is 20.2 Å². The van der Waals surface area contributed by atoms with Gasteiger partial charge in [0.05, 0.1) is 18.8 Å². The molecule has 1 N–H and O–H groups in total. The molecule has 4 atom stereocenters. The fourth-order valence-corrected chi connectivity index (χ4v) is 1.99. The maximum atomic E-state index is 13.0. The van der Waals surface area contributed by atoms with E-state index in [1.54, 1.807) is 0 Å². The van der Waals surface area contributed by atoms with Gasteiger partial charge in [-0.05, 0) is 7.05 Å². The smallest absolute Gasteiger partial charge is 0.140 e. The molecule has 3 nitrogen and oxygen atoms in total. The molecular formula is C7H12FNO2. The molecule has 2 heterocycles. The number of likely N-dealkylation sites (tertiary alicyclic amines) is 1. The van der Waals surface area contributed by atoms with Crippen LogP contribution in [-0.4, -0.2) is 54.6 Å². The van der Waals surface area contributed by atoms with Gasteiger partial charge in [0.2, 0.25) is 0 Å². The zero-order valence-electron chi connectivity index (χ0n) is 6.40. The normalized spacial score (nSPS) is 51.5. The third-order valence-corrected chi connectivity index (χ3v) is 2.52. The summed E-state index contributed by atoms with van der Waals surface area (Å²) in [5.41, 5.74) is 0. The SMILES string of the molecule is CN1CC(F)C2OCC(O)C21. The van der Waals surface area contributed by atoms with E-state index < -0.39 is 18.4 Å². The highest BCUT2D eigenvalue weighted by Gasteiger charge is 2.49. The predicted octanol–water partition coefficient (Wildman–Crippen LogP) is -0.602. The average molecular weight is 161 g/mol. The number of ether oxygens (including phenoxy) is 1. The molecule has 4 unspecified atom stereocenters. The number of hydrogen-bond acceptors (Lipinski definition) is 3. The Hall–Kier alpha value is -0.190. The maximum Gasteiger partial charge on any atom is 0.140 e. The van der Waals surface area contributed by atoms with E-state index in [4.69, 9.17) is 4.74 Å². The fourth-order valence-electron chi connectivity index (χ4n) is 1.99. The van der Waals surface area contributed by atoms with Crippen molar-refractivity contribution in [1.82, 2.24) is 4.90 Å². The van der Waals surface area contributed by atoms with Gasteiger partial charge < -0.3 is 9.84 Å². The molecule has 0 aromatic carbocycles. The van der Waals surface area contributed by atoms with E-state index in [9.17, 15) is 9.50 Å². The lowest BCUT2D eigenvalue weighted by molar-refractivity contribution is 0.0486. The van der Waals surface area contributed by atoms with Crippen molar-refractivity contribution in [3.63, 3.8) is 0 Å². The van der Waals surface area contributed by atoms with Gasteiger partial charge >= 0.3 is 0 Å². The summed E-state index contributed by atoms with van der Waals surface area (Å²) in [6.07, 6.45) is -1.83. The summed E-state index contributed by atoms with van der Waals surface area (Å²) < 4.78 is 18.1. The van der Waals surface area contributed by atoms with E-state index in [1.807, 2.05) is 11.9 Å². The Morgan fingerprint density at radius 1 is 1.64 bits per heavy atom. The number of nitrogens with zero attached hydrogens (tertiary/aromatic N) is 1. The van der Waals surface area contributed by atoms with Crippen molar-refractivity contribution < 1.29 is 14.2 Å². The van der Waals surface area contributed by atoms with Crippen molar-refractivity contribution >= 4 is 0 Å². The molecule has 0 spiro atoms. The molecule has 0 aromatic heterocycles. The summed E-state index contributed by atoms with van der Waals surface area (Å²) in [6.45, 7) is 0.659. The first-order valence-electron chi connectivity index (χ1n) is 3.84. The van der Waals surface area contributed by atoms with Crippen LogP contribution in [0.2, 0.25) is 0 Å². The van der Waals surface area contributed by atoms with Gasteiger partial charge in [-0.3, -0.25) is 4.90 Å². The average Bonchev–Trinajstić information content (AvgIpc) is 2.41. The Kier molecular flexibility index (Phi) is 1.63. The Balaban J connectivity index is 2.15. The molecule has 0 radical (unpaired) electrons. The summed E-state index contributed by atoms with van der Waals surface area (Å²) in [5, 5.41) is 9.35. The topological polar surface area (TPSA) is 32.7 Å². The molecule has 2 fully saturated rings. The minimum absolute atomic E-state index is 0.120. The van der Waals surface area contributed by atoms with Crippen LogP contribution < -0.4 is 0 Å². The lowest BCUT2D eigenvalue weighted by Gasteiger charge is -2.18. The maximum absolute atomic E-state index is 13.0. The Morgan fingerprint density at radius 2 is 2.36 bits per heavy atom. The predicted molar refractivity (Wildman–Crippen MR) is 37.1 cm³/mol. The zero-order valence-corrected chi connectivity index (χ0v) is 6.40. The second kappa shape index (κ2) is 2.40. The molecule has 2 aliphatic heterocycles. The van der Waals surface area contributed by atoms with Crippen molar-refractivity contribution in [3.05, 3.63) is 0 Å². The first-order valence-corrected chi connectivity index (χ1v) is 3.84. The third kappa shape index (κ3) is 0.972. The van der Waals surface area contributed by atoms with E-state index in [0.29, 0.717) is 6.54 Å². The lowest BCUT2D eigenvalue weighted by atomic mass is 10.1. The molecule has 0 amide bonds. The second-order valence-corrected chi connectivity index (χ2v) is 3.31. The highest BCUT2D eigenvalue weighted by molar-refractivity contribution is 5.00. The molecule has 0 bridgehead atoms. The van der Waals surface area contributed by atoms with Crippen LogP contribution in [0, 0.1) is 0 Å². The van der Waals surface area contributed by atoms with Crippen LogP contribution in [0.4, 0.5) is 4.39 Å². The van der Waals surface area contributed by atoms with Crippen LogP contribution in [0.1, 0.15) is 0 Å². The van der Waals surface area contributed by atoms with Crippen molar-refractivity contribution in [2.45, 2.75) is 24.4 Å². The summed E-state index contributed by atoms with van der Waals surface area (Å²) in [5.74, 6) is 0. The van der Waals surface area contributed by atoms with Gasteiger partial charge in [0.15, 0.2) is 0 Å². The van der Waals surface area contributed by atoms with Gasteiger partial charge in [0.25, 0.3) is 0 Å². The first kappa shape index (κ1) is 7.46. The molecule has 2 rings (SSSR count). The quantitative estimate of drug-likeness (QED) is 0.515. The Labute approximate surface area is 64.8 Å². The number of hydrogen-bond donors (Lipinski definition) is 1. The Morgan fingerprint density at radius 3 is 3.00 bits per heavy atom. The van der Waals surface area contributed by atoms with Crippen molar-refractivity contribution in [3.8, 4) is 0 Å². The van der Waals surface area contributed by atoms with Crippen molar-refractivity contribution in [2.24, 2.45) is 0 Å². The lowest BCUT2D eigenvalue weighted by Crippen LogP contribution is -2.38. The van der Waals surface area contributed by atoms with Crippen LogP contribution in [0.5, 0.6) is 0 Å². The molecule has 64 valence electrons. The van der Waals surface area contributed by atoms with E-state index >= 15 is 0 Å². The number of halogens is 1. The zero-order chi connectivity index (χ0) is 8.01. The second-order valence-electron chi connectivity index (χ2n) is 3.31. The molecule has 2 saturated heterocycles. The largest absolute Gasteiger partial charge is 0.389 e. The number of aliphatic hydroxyl groups is 1. The minimum Gasteiger partial charge on any atom is -0.389 e. The third-order valence-electron chi connectivity index (χ3n) is 2.52. The molecular weight excluding hydrogens is 149 g/mol. The summed E-state index contributed by atoms with van der Waals surface area (Å²) in [6, 6.07) is -0.120. The number of likely N-dealkylation sites (N-methyl/N-ethyl adjacent to an activating group) is 1. The van der Waals surface area contributed by atoms with Gasteiger partial charge in [0.1, 0.15) is 12.3 Å². The van der Waals surface area contributed by atoms with Gasteiger partial charge in [-0.15, -0.1) is 0 Å². The molecule has 0 saturated carbocycles. The van der Waals surface area contributed by atoms with E-state index in [2.05, 4.69) is 0 Å². The van der Waals surface area contributed by atoms with Crippen LogP contribution in [0.25, 0.3) is 0 Å². The molecule has 4 heteroatoms. The molecule has 2 aliphatic rings. The van der Waals surface area contributed by atoms with Gasteiger partial charge in [-0.1, -0.05) is 0 Å². The first-order chi connectivity index (χ1) is 5.20. The Bertz CT molecular complexity index is 167. The van der Waals surface area contributed by atoms with Crippen LogP contribution in [0.3, 0.4) is 0 Å². The number of aliphatic hydroxyl groups excluding tert-OH is 1. The summed E-state index contributed by atoms with van der Waals surface area (Å²) in [4.78, 5) is 1.83. The monoisotopic (exact) mass is 161 g/mol. The molecule has 0 aromatic rings. The number of alkyl halides is 1. The van der Waals surface area contributed by atoms with E-state index in [1.165, 1.54) is 0 Å². The summed E-state index contributed by atoms with van der Waals surface area (Å²) in [7, 11) is 1.81. The minimum atomic E-state index is -0.929. The number of fused-ring (bicyclic) bond motifs is 1.